The number of halogens is 4. The number of amides is 4. The van der Waals surface area contributed by atoms with Gasteiger partial charge in [-0.2, -0.15) is 20.5 Å². The van der Waals surface area contributed by atoms with Crippen molar-refractivity contribution in [2.75, 3.05) is 46.2 Å². The summed E-state index contributed by atoms with van der Waals surface area (Å²) < 4.78 is 11.6. The zero-order valence-corrected chi connectivity index (χ0v) is 40.2. The molecule has 0 saturated carbocycles. The summed E-state index contributed by atoms with van der Waals surface area (Å²) in [6.07, 6.45) is 1.22. The van der Waals surface area contributed by atoms with Crippen LogP contribution in [0, 0.1) is 0 Å². The molecule has 0 aliphatic carbocycles. The van der Waals surface area contributed by atoms with Gasteiger partial charge >= 0.3 is 0 Å². The van der Waals surface area contributed by atoms with Gasteiger partial charge < -0.3 is 30.7 Å². The number of aryl methyl sites for hydroxylation is 2. The van der Waals surface area contributed by atoms with Gasteiger partial charge in [-0.15, -0.1) is 23.2 Å². The van der Waals surface area contributed by atoms with Crippen LogP contribution in [0.1, 0.15) is 59.5 Å². The van der Waals surface area contributed by atoms with Crippen LogP contribution < -0.4 is 30.7 Å². The van der Waals surface area contributed by atoms with Crippen molar-refractivity contribution in [1.82, 2.24) is 0 Å². The summed E-state index contributed by atoms with van der Waals surface area (Å²) in [5, 5.41) is 26.8. The number of Topliss-reactive ketones (excluding diaryl/α,β-unsaturated/α-hetero) is 2. The second-order valence-electron chi connectivity index (χ2n) is 14.6. The van der Waals surface area contributed by atoms with Gasteiger partial charge in [-0.1, -0.05) is 59.6 Å². The molecular formula is C48H46Cl4N8O8. The Morgan fingerprint density at radius 1 is 0.544 bits per heavy atom. The van der Waals surface area contributed by atoms with E-state index in [1.807, 2.05) is 12.1 Å². The van der Waals surface area contributed by atoms with E-state index in [0.29, 0.717) is 36.0 Å². The number of hydrogen-bond donors (Lipinski definition) is 4. The number of ether oxygens (including phenoxy) is 2. The molecule has 5 aromatic rings. The monoisotopic (exact) mass is 1000 g/mol. The number of carbonyl (C=O) groups excluding carboxylic acids is 6. The molecule has 2 atom stereocenters. The zero-order chi connectivity index (χ0) is 49.3. The van der Waals surface area contributed by atoms with Gasteiger partial charge in [0.1, 0.15) is 22.9 Å². The topological polar surface area (TPSA) is 218 Å². The van der Waals surface area contributed by atoms with Gasteiger partial charge in [-0.3, -0.25) is 28.8 Å². The van der Waals surface area contributed by atoms with Crippen molar-refractivity contribution in [2.24, 2.45) is 20.5 Å². The average Bonchev–Trinajstić information content (AvgIpc) is 3.29. The van der Waals surface area contributed by atoms with E-state index in [4.69, 9.17) is 55.9 Å². The maximum Gasteiger partial charge on any atom is 0.258 e. The van der Waals surface area contributed by atoms with Crippen LogP contribution in [0.5, 0.6) is 11.5 Å². The van der Waals surface area contributed by atoms with Gasteiger partial charge in [0, 0.05) is 35.3 Å². The number of carbonyl (C=O) groups is 6. The lowest BCUT2D eigenvalue weighted by molar-refractivity contribution is -0.127. The Balaban J connectivity index is 1.34. The average molecular weight is 1000 g/mol. The van der Waals surface area contributed by atoms with Gasteiger partial charge in [0.2, 0.25) is 12.1 Å². The predicted molar refractivity (Wildman–Crippen MR) is 265 cm³/mol. The van der Waals surface area contributed by atoms with Crippen molar-refractivity contribution >= 4 is 116 Å². The fourth-order valence-electron chi connectivity index (χ4n) is 6.35. The molecule has 0 saturated heterocycles. The first-order valence-electron chi connectivity index (χ1n) is 21.0. The van der Waals surface area contributed by atoms with Crippen LogP contribution >= 0.6 is 46.4 Å². The summed E-state index contributed by atoms with van der Waals surface area (Å²) in [7, 11) is 0. The lowest BCUT2D eigenvalue weighted by Gasteiger charge is -2.19. The maximum atomic E-state index is 13.7. The maximum absolute atomic E-state index is 13.7. The molecule has 0 bridgehead atoms. The lowest BCUT2D eigenvalue weighted by atomic mass is 10.1. The van der Waals surface area contributed by atoms with Crippen LogP contribution in [0.3, 0.4) is 0 Å². The minimum Gasteiger partial charge on any atom is -0.492 e. The fourth-order valence-corrected chi connectivity index (χ4v) is 7.29. The number of hydrogen-bond acceptors (Lipinski definition) is 12. The van der Waals surface area contributed by atoms with E-state index in [1.165, 1.54) is 48.5 Å². The molecule has 2 unspecified atom stereocenters. The standard InChI is InChI=1S/C48H46Cl4N8O8/c1-5-67-39-25-38(56-48(66)44(28(4)62)60-58-36-18-10-16-34(42(36)52)46(64)54-32-14-8-12-30(24-32)20-22-50)40(68-6-2)26-37(39)55-47(65)43(27(3)61)59-57-35-17-9-15-33(41(35)51)45(63)53-31-13-7-11-29(23-31)19-21-49/h7-18,23-26,43-44H,5-6,19-22H2,1-4H3,(H,53,63)(H,54,64)(H,55,65)(H,56,66). The second kappa shape index (κ2) is 25.4. The van der Waals surface area contributed by atoms with E-state index in [0.717, 1.165) is 25.0 Å². The smallest absolute Gasteiger partial charge is 0.258 e. The zero-order valence-electron chi connectivity index (χ0n) is 37.2. The van der Waals surface area contributed by atoms with Crippen LogP contribution in [0.4, 0.5) is 34.1 Å². The number of nitrogens with one attached hydrogen (secondary N) is 4. The normalized spacial score (nSPS) is 12.0. The van der Waals surface area contributed by atoms with Crippen molar-refractivity contribution in [3.05, 3.63) is 129 Å². The molecule has 354 valence electrons. The van der Waals surface area contributed by atoms with Gasteiger partial charge in [0.25, 0.3) is 23.6 Å². The first kappa shape index (κ1) is 52.3. The molecule has 4 amide bonds. The largest absolute Gasteiger partial charge is 0.492 e. The van der Waals surface area contributed by atoms with Crippen LogP contribution in [-0.2, 0) is 32.0 Å². The van der Waals surface area contributed by atoms with E-state index in [9.17, 15) is 28.8 Å². The second-order valence-corrected chi connectivity index (χ2v) is 16.1. The lowest BCUT2D eigenvalue weighted by Crippen LogP contribution is -2.32. The van der Waals surface area contributed by atoms with E-state index >= 15 is 0 Å². The highest BCUT2D eigenvalue weighted by Crippen LogP contribution is 2.38. The number of ketones is 2. The van der Waals surface area contributed by atoms with Crippen LogP contribution in [0.25, 0.3) is 0 Å². The molecule has 0 aliphatic rings. The van der Waals surface area contributed by atoms with Crippen molar-refractivity contribution in [1.29, 1.82) is 0 Å². The molecule has 0 fully saturated rings. The molecule has 4 N–H and O–H groups in total. The summed E-state index contributed by atoms with van der Waals surface area (Å²) in [6.45, 7) is 5.86. The number of nitrogens with zero attached hydrogens (tertiary/aromatic N) is 4. The third-order valence-corrected chi connectivity index (χ3v) is 10.8. The summed E-state index contributed by atoms with van der Waals surface area (Å²) in [5.74, 6) is -3.30. The Bertz CT molecular complexity index is 2570. The molecule has 16 nitrogen and oxygen atoms in total. The van der Waals surface area contributed by atoms with E-state index < -0.39 is 47.3 Å². The van der Waals surface area contributed by atoms with Gasteiger partial charge in [-0.05, 0) is 100 Å². The molecule has 5 rings (SSSR count). The summed E-state index contributed by atoms with van der Waals surface area (Å²) >= 11 is 24.9. The third kappa shape index (κ3) is 14.2. The number of alkyl halides is 2. The minimum absolute atomic E-state index is 0.0200. The van der Waals surface area contributed by atoms with Crippen molar-refractivity contribution in [3.63, 3.8) is 0 Å². The molecular weight excluding hydrogens is 958 g/mol. The van der Waals surface area contributed by atoms with Crippen LogP contribution in [0.2, 0.25) is 10.0 Å². The fraction of sp³-hybridized carbons (Fsp3) is 0.250. The van der Waals surface area contributed by atoms with Crippen LogP contribution in [0.15, 0.2) is 118 Å². The SMILES string of the molecule is CCOc1cc(NC(=O)C(N=Nc2cccc(C(=O)Nc3cccc(CCCl)c3)c2Cl)C(C)=O)c(OCC)cc1NC(=O)C(N=Nc1cccc(C(=O)Nc2cccc(CCCl)c2)c1Cl)C(C)=O. The van der Waals surface area contributed by atoms with Crippen molar-refractivity contribution in [3.8, 4) is 11.5 Å². The molecule has 0 heterocycles. The van der Waals surface area contributed by atoms with Crippen molar-refractivity contribution in [2.45, 2.75) is 52.6 Å². The Morgan fingerprint density at radius 3 is 1.28 bits per heavy atom. The third-order valence-electron chi connectivity index (χ3n) is 9.61. The molecule has 5 aromatic carbocycles. The van der Waals surface area contributed by atoms with E-state index in [-0.39, 0.29) is 68.6 Å². The summed E-state index contributed by atoms with van der Waals surface area (Å²) in [4.78, 5) is 79.4. The number of rotatable bonds is 22. The Hall–Kier alpha value is -6.72. The molecule has 0 spiro atoms. The quantitative estimate of drug-likeness (QED) is 0.0296. The Morgan fingerprint density at radius 2 is 0.926 bits per heavy atom. The van der Waals surface area contributed by atoms with Gasteiger partial charge in [0.05, 0.1) is 45.8 Å². The number of anilines is 4. The Kier molecular flexibility index (Phi) is 19.5. The first-order valence-corrected chi connectivity index (χ1v) is 22.9. The van der Waals surface area contributed by atoms with Gasteiger partial charge in [0.15, 0.2) is 11.6 Å². The van der Waals surface area contributed by atoms with E-state index in [1.54, 1.807) is 50.2 Å². The minimum atomic E-state index is -1.68. The van der Waals surface area contributed by atoms with E-state index in [2.05, 4.69) is 41.7 Å². The highest BCUT2D eigenvalue weighted by molar-refractivity contribution is 6.37. The highest BCUT2D eigenvalue weighted by atomic mass is 35.5. The van der Waals surface area contributed by atoms with Crippen molar-refractivity contribution < 1.29 is 38.2 Å². The summed E-state index contributed by atoms with van der Waals surface area (Å²) in [5.41, 5.74) is 3.18. The molecule has 0 radical (unpaired) electrons. The first-order chi connectivity index (χ1) is 32.7. The number of azo groups is 2. The summed E-state index contributed by atoms with van der Waals surface area (Å²) in [6, 6.07) is 22.7. The Labute approximate surface area is 412 Å². The van der Waals surface area contributed by atoms with Gasteiger partial charge in [-0.25, -0.2) is 0 Å². The van der Waals surface area contributed by atoms with Crippen LogP contribution in [-0.4, -0.2) is 72.3 Å². The highest BCUT2D eigenvalue weighted by Gasteiger charge is 2.28. The molecule has 20 heteroatoms. The number of benzene rings is 5. The molecule has 0 aliphatic heterocycles. The molecule has 0 aromatic heterocycles. The predicted octanol–water partition coefficient (Wildman–Crippen LogP) is 11.2. The molecule has 68 heavy (non-hydrogen) atoms.